The van der Waals surface area contributed by atoms with Gasteiger partial charge in [0.25, 0.3) is 0 Å². The molecule has 0 aromatic carbocycles. The lowest BCUT2D eigenvalue weighted by atomic mass is 10.1. The van der Waals surface area contributed by atoms with Crippen molar-refractivity contribution < 1.29 is 9.59 Å². The lowest BCUT2D eigenvalue weighted by Gasteiger charge is -2.01. The summed E-state index contributed by atoms with van der Waals surface area (Å²) in [7, 11) is 0. The van der Waals surface area contributed by atoms with E-state index in [1.807, 2.05) is 0 Å². The number of nitrogens with two attached hydrogens (primary N) is 2. The Balaban J connectivity index is 0. The first-order valence-electron chi connectivity index (χ1n) is 6.85. The molecule has 0 atom stereocenters. The topological polar surface area (TPSA) is 86.2 Å². The Bertz CT molecular complexity index is 286. The summed E-state index contributed by atoms with van der Waals surface area (Å²) < 4.78 is 0. The maximum atomic E-state index is 10.6. The molecule has 0 spiro atoms. The fourth-order valence-corrected chi connectivity index (χ4v) is 1.42. The smallest absolute Gasteiger partial charge is 0.244 e. The molecule has 4 heteroatoms. The number of primary amides is 2. The summed E-state index contributed by atoms with van der Waals surface area (Å²) in [6.45, 7) is 8.93. The van der Waals surface area contributed by atoms with Gasteiger partial charge in [0, 0.05) is 5.57 Å². The predicted molar refractivity (Wildman–Crippen MR) is 80.3 cm³/mol. The van der Waals surface area contributed by atoms with Gasteiger partial charge in [0.2, 0.25) is 11.8 Å². The first-order valence-corrected chi connectivity index (χ1v) is 6.85. The molecule has 0 aliphatic carbocycles. The summed E-state index contributed by atoms with van der Waals surface area (Å²) in [5.41, 5.74) is 10.2. The normalized spacial score (nSPS) is 9.11. The molecule has 0 aliphatic heterocycles. The van der Waals surface area contributed by atoms with Crippen LogP contribution >= 0.6 is 0 Å². The molecule has 0 unspecified atom stereocenters. The highest BCUT2D eigenvalue weighted by molar-refractivity contribution is 5.91. The highest BCUT2D eigenvalue weighted by Gasteiger charge is 2.00. The van der Waals surface area contributed by atoms with Crippen molar-refractivity contribution >= 4 is 11.8 Å². The maximum Gasteiger partial charge on any atom is 0.244 e. The fraction of sp³-hybridized carbons (Fsp3) is 0.600. The van der Waals surface area contributed by atoms with Crippen LogP contribution in [0.3, 0.4) is 0 Å². The van der Waals surface area contributed by atoms with E-state index in [9.17, 15) is 9.59 Å². The summed E-state index contributed by atoms with van der Waals surface area (Å²) in [6.07, 6.45) is 10.6. The molecule has 0 radical (unpaired) electrons. The maximum absolute atomic E-state index is 10.6. The predicted octanol–water partition coefficient (Wildman–Crippen LogP) is 2.83. The molecule has 110 valence electrons. The highest BCUT2D eigenvalue weighted by atomic mass is 16.1. The molecule has 0 fully saturated rings. The molecule has 0 saturated carbocycles. The van der Waals surface area contributed by atoms with Crippen molar-refractivity contribution in [2.24, 2.45) is 11.5 Å². The summed E-state index contributed by atoms with van der Waals surface area (Å²) in [6, 6.07) is 0. The van der Waals surface area contributed by atoms with Crippen LogP contribution < -0.4 is 11.5 Å². The van der Waals surface area contributed by atoms with Gasteiger partial charge in [-0.1, -0.05) is 58.6 Å². The van der Waals surface area contributed by atoms with Crippen molar-refractivity contribution in [2.45, 2.75) is 58.3 Å². The molecule has 19 heavy (non-hydrogen) atoms. The van der Waals surface area contributed by atoms with Crippen LogP contribution in [0.5, 0.6) is 0 Å². The first-order chi connectivity index (χ1) is 8.95. The van der Waals surface area contributed by atoms with E-state index in [1.165, 1.54) is 38.5 Å². The molecule has 0 aliphatic rings. The molecule has 4 N–H and O–H groups in total. The Morgan fingerprint density at radius 1 is 1.00 bits per heavy atom. The number of amides is 2. The van der Waals surface area contributed by atoms with Gasteiger partial charge in [-0.05, 0) is 18.9 Å². The Kier molecular flexibility index (Phi) is 15.1. The molecule has 0 bridgehead atoms. The molecule has 0 aromatic heterocycles. The number of carbonyl (C=O) groups is 2. The number of carbonyl (C=O) groups excluding carboxylic acids is 2. The minimum absolute atomic E-state index is 0.351. The molecular weight excluding hydrogens is 240 g/mol. The van der Waals surface area contributed by atoms with Crippen LogP contribution in [-0.2, 0) is 9.59 Å². The number of rotatable bonds is 10. The summed E-state index contributed by atoms with van der Waals surface area (Å²) >= 11 is 0. The summed E-state index contributed by atoms with van der Waals surface area (Å²) in [5, 5.41) is 0. The Hall–Kier alpha value is -1.58. The van der Waals surface area contributed by atoms with Gasteiger partial charge >= 0.3 is 0 Å². The Morgan fingerprint density at radius 3 is 1.79 bits per heavy atom. The molecule has 0 rings (SSSR count). The molecule has 0 aromatic rings. The van der Waals surface area contributed by atoms with E-state index < -0.39 is 5.91 Å². The van der Waals surface area contributed by atoms with Gasteiger partial charge in [0.05, 0.1) is 0 Å². The zero-order valence-electron chi connectivity index (χ0n) is 12.1. The van der Waals surface area contributed by atoms with Crippen LogP contribution in [0.25, 0.3) is 0 Å². The molecular formula is C15H28N2O2. The molecule has 0 saturated heterocycles. The third-order valence-corrected chi connectivity index (χ3v) is 2.63. The van der Waals surface area contributed by atoms with Crippen LogP contribution in [0.1, 0.15) is 58.3 Å². The van der Waals surface area contributed by atoms with Crippen LogP contribution in [0.2, 0.25) is 0 Å². The van der Waals surface area contributed by atoms with E-state index in [0.29, 0.717) is 5.57 Å². The van der Waals surface area contributed by atoms with Gasteiger partial charge in [-0.15, -0.1) is 0 Å². The van der Waals surface area contributed by atoms with E-state index >= 15 is 0 Å². The van der Waals surface area contributed by atoms with Gasteiger partial charge in [-0.3, -0.25) is 9.59 Å². The van der Waals surface area contributed by atoms with Crippen molar-refractivity contribution in [3.8, 4) is 0 Å². The van der Waals surface area contributed by atoms with Crippen LogP contribution in [0.15, 0.2) is 24.8 Å². The molecule has 2 amide bonds. The third kappa shape index (κ3) is 19.0. The van der Waals surface area contributed by atoms with E-state index in [-0.39, 0.29) is 5.91 Å². The van der Waals surface area contributed by atoms with E-state index in [1.54, 1.807) is 0 Å². The van der Waals surface area contributed by atoms with Gasteiger partial charge in [0.1, 0.15) is 0 Å². The molecule has 0 heterocycles. The number of hydrogen-bond donors (Lipinski definition) is 2. The second-order valence-corrected chi connectivity index (χ2v) is 4.45. The lowest BCUT2D eigenvalue weighted by molar-refractivity contribution is -0.115. The monoisotopic (exact) mass is 268 g/mol. The van der Waals surface area contributed by atoms with Crippen molar-refractivity contribution in [1.29, 1.82) is 0 Å². The zero-order valence-corrected chi connectivity index (χ0v) is 12.1. The quantitative estimate of drug-likeness (QED) is 0.471. The van der Waals surface area contributed by atoms with Gasteiger partial charge in [-0.2, -0.15) is 0 Å². The van der Waals surface area contributed by atoms with Gasteiger partial charge in [0.15, 0.2) is 0 Å². The number of unbranched alkanes of at least 4 members (excludes halogenated alkanes) is 6. The number of hydrogen-bond acceptors (Lipinski definition) is 2. The van der Waals surface area contributed by atoms with Gasteiger partial charge in [-0.25, -0.2) is 0 Å². The second-order valence-electron chi connectivity index (χ2n) is 4.45. The third-order valence-electron chi connectivity index (χ3n) is 2.63. The summed E-state index contributed by atoms with van der Waals surface area (Å²) in [4.78, 5) is 20.1. The van der Waals surface area contributed by atoms with Crippen LogP contribution in [0, 0.1) is 0 Å². The highest BCUT2D eigenvalue weighted by Crippen LogP contribution is 2.10. The summed E-state index contributed by atoms with van der Waals surface area (Å²) in [5.74, 6) is -0.832. The van der Waals surface area contributed by atoms with Crippen molar-refractivity contribution in [1.82, 2.24) is 0 Å². The Morgan fingerprint density at radius 2 is 1.42 bits per heavy atom. The van der Waals surface area contributed by atoms with E-state index in [4.69, 9.17) is 5.73 Å². The zero-order chi connectivity index (χ0) is 15.1. The fourth-order valence-electron chi connectivity index (χ4n) is 1.42. The minimum atomic E-state index is -0.481. The van der Waals surface area contributed by atoms with Crippen molar-refractivity contribution in [3.05, 3.63) is 24.8 Å². The average molecular weight is 268 g/mol. The van der Waals surface area contributed by atoms with Gasteiger partial charge < -0.3 is 11.5 Å². The first kappa shape index (κ1) is 19.8. The van der Waals surface area contributed by atoms with E-state index in [2.05, 4.69) is 25.8 Å². The minimum Gasteiger partial charge on any atom is -0.366 e. The van der Waals surface area contributed by atoms with Crippen molar-refractivity contribution in [3.63, 3.8) is 0 Å². The second kappa shape index (κ2) is 14.5. The van der Waals surface area contributed by atoms with Crippen LogP contribution in [0.4, 0.5) is 0 Å². The Labute approximate surface area is 116 Å². The lowest BCUT2D eigenvalue weighted by Crippen LogP contribution is -2.12. The standard InChI is InChI=1S/C12H23NO.C3H5NO/c1-3-4-5-6-7-8-9-10-11(2)12(13)14;1-2-3(4)5/h2-10H2,1H3,(H2,13,14);2H,1H2,(H2,4,5). The largest absolute Gasteiger partial charge is 0.366 e. The van der Waals surface area contributed by atoms with E-state index in [0.717, 1.165) is 18.9 Å². The van der Waals surface area contributed by atoms with Crippen LogP contribution in [-0.4, -0.2) is 11.8 Å². The SMILES string of the molecule is C=C(CCCCCCCCC)C(N)=O.C=CC(N)=O. The average Bonchev–Trinajstić information content (AvgIpc) is 2.38. The van der Waals surface area contributed by atoms with Crippen molar-refractivity contribution in [2.75, 3.05) is 0 Å². The molecule has 4 nitrogen and oxygen atoms in total.